The fourth-order valence-corrected chi connectivity index (χ4v) is 2.18. The smallest absolute Gasteiger partial charge is 0.184 e. The van der Waals surface area contributed by atoms with Crippen molar-refractivity contribution < 1.29 is 13.9 Å². The molecule has 5 nitrogen and oxygen atoms in total. The highest BCUT2D eigenvalue weighted by Gasteiger charge is 2.11. The minimum Gasteiger partial charge on any atom is -0.493 e. The van der Waals surface area contributed by atoms with Gasteiger partial charge in [0, 0.05) is 11.1 Å². The fraction of sp³-hybridized carbons (Fsp3) is 0.125. The zero-order valence-electron chi connectivity index (χ0n) is 12.8. The molecular formula is C16H15ClFN3O2S. The van der Waals surface area contributed by atoms with Gasteiger partial charge < -0.3 is 15.2 Å². The van der Waals surface area contributed by atoms with E-state index in [1.807, 2.05) is 0 Å². The second kappa shape index (κ2) is 8.47. The molecule has 126 valence electrons. The van der Waals surface area contributed by atoms with Crippen molar-refractivity contribution >= 4 is 35.1 Å². The Kier molecular flexibility index (Phi) is 6.34. The fourth-order valence-electron chi connectivity index (χ4n) is 1.90. The molecule has 0 heterocycles. The third-order valence-electron chi connectivity index (χ3n) is 2.99. The Labute approximate surface area is 149 Å². The number of para-hydroxylation sites is 1. The van der Waals surface area contributed by atoms with Crippen molar-refractivity contribution in [3.63, 3.8) is 0 Å². The van der Waals surface area contributed by atoms with Gasteiger partial charge in [-0.2, -0.15) is 5.10 Å². The van der Waals surface area contributed by atoms with Gasteiger partial charge in [0.25, 0.3) is 0 Å². The van der Waals surface area contributed by atoms with Gasteiger partial charge in [-0.05, 0) is 36.5 Å². The van der Waals surface area contributed by atoms with Crippen molar-refractivity contribution in [2.75, 3.05) is 7.11 Å². The van der Waals surface area contributed by atoms with Crippen LogP contribution < -0.4 is 20.6 Å². The lowest BCUT2D eigenvalue weighted by molar-refractivity contribution is 0.284. The molecule has 0 aromatic heterocycles. The molecular weight excluding hydrogens is 353 g/mol. The summed E-state index contributed by atoms with van der Waals surface area (Å²) in [6, 6.07) is 9.45. The summed E-state index contributed by atoms with van der Waals surface area (Å²) in [5.74, 6) is 0.582. The molecule has 24 heavy (non-hydrogen) atoms. The lowest BCUT2D eigenvalue weighted by atomic mass is 10.2. The van der Waals surface area contributed by atoms with Crippen LogP contribution in [-0.4, -0.2) is 18.4 Å². The van der Waals surface area contributed by atoms with E-state index < -0.39 is 5.82 Å². The number of halogens is 2. The molecule has 2 rings (SSSR count). The van der Waals surface area contributed by atoms with Crippen LogP contribution in [0.1, 0.15) is 11.1 Å². The van der Waals surface area contributed by atoms with Crippen LogP contribution in [0.5, 0.6) is 11.5 Å². The molecule has 8 heteroatoms. The van der Waals surface area contributed by atoms with E-state index in [0.717, 1.165) is 0 Å². The maximum Gasteiger partial charge on any atom is 0.184 e. The molecule has 0 atom stereocenters. The van der Waals surface area contributed by atoms with E-state index in [9.17, 15) is 4.39 Å². The number of hydrogen-bond acceptors (Lipinski definition) is 4. The van der Waals surface area contributed by atoms with Crippen LogP contribution in [0.3, 0.4) is 0 Å². The van der Waals surface area contributed by atoms with Gasteiger partial charge >= 0.3 is 0 Å². The van der Waals surface area contributed by atoms with Crippen LogP contribution in [0, 0.1) is 5.82 Å². The zero-order valence-corrected chi connectivity index (χ0v) is 14.3. The Morgan fingerprint density at radius 2 is 2.21 bits per heavy atom. The largest absolute Gasteiger partial charge is 0.493 e. The van der Waals surface area contributed by atoms with Gasteiger partial charge in [0.2, 0.25) is 0 Å². The molecule has 0 spiro atoms. The van der Waals surface area contributed by atoms with E-state index >= 15 is 0 Å². The standard InChI is InChI=1S/C16H15ClFN3O2S/c1-22-14-4-2-3-10(8-20-21-16(19)24)15(14)23-9-11-5-6-12(18)7-13(11)17/h2-8H,9H2,1H3,(H3,19,21,24). The zero-order chi connectivity index (χ0) is 17.5. The predicted molar refractivity (Wildman–Crippen MR) is 96.3 cm³/mol. The number of hydrogen-bond donors (Lipinski definition) is 2. The Balaban J connectivity index is 2.23. The van der Waals surface area contributed by atoms with Gasteiger partial charge in [0.15, 0.2) is 16.6 Å². The number of hydrazone groups is 1. The third-order valence-corrected chi connectivity index (χ3v) is 3.44. The lowest BCUT2D eigenvalue weighted by Gasteiger charge is -2.14. The van der Waals surface area contributed by atoms with Crippen molar-refractivity contribution in [2.45, 2.75) is 6.61 Å². The molecule has 0 aliphatic heterocycles. The van der Waals surface area contributed by atoms with Crippen LogP contribution in [0.4, 0.5) is 4.39 Å². The first-order chi connectivity index (χ1) is 11.5. The van der Waals surface area contributed by atoms with Gasteiger partial charge in [0.05, 0.1) is 18.3 Å². The maximum atomic E-state index is 13.1. The Hall–Kier alpha value is -2.38. The average Bonchev–Trinajstić information content (AvgIpc) is 2.54. The van der Waals surface area contributed by atoms with Crippen LogP contribution in [0.15, 0.2) is 41.5 Å². The molecule has 0 fully saturated rings. The number of nitrogens with zero attached hydrogens (tertiary/aromatic N) is 1. The Morgan fingerprint density at radius 1 is 1.42 bits per heavy atom. The first-order valence-corrected chi connectivity index (χ1v) is 7.62. The summed E-state index contributed by atoms with van der Waals surface area (Å²) in [5.41, 5.74) is 9.08. The summed E-state index contributed by atoms with van der Waals surface area (Å²) in [7, 11) is 1.53. The summed E-state index contributed by atoms with van der Waals surface area (Å²) < 4.78 is 24.2. The monoisotopic (exact) mass is 367 g/mol. The van der Waals surface area contributed by atoms with E-state index in [2.05, 4.69) is 22.7 Å². The maximum absolute atomic E-state index is 13.1. The molecule has 0 saturated heterocycles. The quantitative estimate of drug-likeness (QED) is 0.466. The van der Waals surface area contributed by atoms with Crippen LogP contribution in [0.2, 0.25) is 5.02 Å². The van der Waals surface area contributed by atoms with E-state index in [1.54, 1.807) is 24.3 Å². The SMILES string of the molecule is COc1cccc(C=NNC(N)=S)c1OCc1ccc(F)cc1Cl. The number of nitrogens with one attached hydrogen (secondary N) is 1. The molecule has 0 unspecified atom stereocenters. The number of benzene rings is 2. The van der Waals surface area contributed by atoms with Crippen LogP contribution >= 0.6 is 23.8 Å². The number of thiocarbonyl (C=S) groups is 1. The molecule has 0 bridgehead atoms. The molecule has 0 saturated carbocycles. The summed E-state index contributed by atoms with van der Waals surface area (Å²) in [6.07, 6.45) is 1.50. The molecule has 3 N–H and O–H groups in total. The van der Waals surface area contributed by atoms with Crippen LogP contribution in [0.25, 0.3) is 0 Å². The van der Waals surface area contributed by atoms with Crippen LogP contribution in [-0.2, 0) is 6.61 Å². The summed E-state index contributed by atoms with van der Waals surface area (Å²) in [6.45, 7) is 0.142. The summed E-state index contributed by atoms with van der Waals surface area (Å²) >= 11 is 10.7. The first kappa shape index (κ1) is 18.0. The number of rotatable bonds is 6. The number of methoxy groups -OCH3 is 1. The van der Waals surface area contributed by atoms with Gasteiger partial charge in [-0.3, -0.25) is 5.43 Å². The second-order valence-electron chi connectivity index (χ2n) is 4.64. The van der Waals surface area contributed by atoms with Gasteiger partial charge in [0.1, 0.15) is 12.4 Å². The van der Waals surface area contributed by atoms with E-state index in [0.29, 0.717) is 22.6 Å². The molecule has 0 aliphatic carbocycles. The topological polar surface area (TPSA) is 68.9 Å². The van der Waals surface area contributed by atoms with E-state index in [4.69, 9.17) is 26.8 Å². The average molecular weight is 368 g/mol. The van der Waals surface area contributed by atoms with Gasteiger partial charge in [-0.25, -0.2) is 4.39 Å². The Morgan fingerprint density at radius 3 is 2.88 bits per heavy atom. The molecule has 0 amide bonds. The normalized spacial score (nSPS) is 10.6. The molecule has 0 aliphatic rings. The second-order valence-corrected chi connectivity index (χ2v) is 5.48. The number of ether oxygens (including phenoxy) is 2. The summed E-state index contributed by atoms with van der Waals surface area (Å²) in [4.78, 5) is 0. The summed E-state index contributed by atoms with van der Waals surface area (Å²) in [5, 5.41) is 4.25. The van der Waals surface area contributed by atoms with Gasteiger partial charge in [-0.1, -0.05) is 23.7 Å². The van der Waals surface area contributed by atoms with Crippen molar-refractivity contribution in [3.8, 4) is 11.5 Å². The predicted octanol–water partition coefficient (Wildman–Crippen LogP) is 3.23. The highest BCUT2D eigenvalue weighted by atomic mass is 35.5. The Bertz CT molecular complexity index is 771. The van der Waals surface area contributed by atoms with Crippen molar-refractivity contribution in [2.24, 2.45) is 10.8 Å². The third kappa shape index (κ3) is 4.81. The molecule has 0 radical (unpaired) electrons. The highest BCUT2D eigenvalue weighted by Crippen LogP contribution is 2.31. The van der Waals surface area contributed by atoms with E-state index in [-0.39, 0.29) is 16.7 Å². The van der Waals surface area contributed by atoms with Crippen molar-refractivity contribution in [3.05, 3.63) is 58.4 Å². The first-order valence-electron chi connectivity index (χ1n) is 6.83. The highest BCUT2D eigenvalue weighted by molar-refractivity contribution is 7.80. The minimum absolute atomic E-state index is 0.0507. The lowest BCUT2D eigenvalue weighted by Crippen LogP contribution is -2.24. The van der Waals surface area contributed by atoms with Crippen molar-refractivity contribution in [1.82, 2.24) is 5.43 Å². The molecule has 2 aromatic rings. The van der Waals surface area contributed by atoms with E-state index in [1.165, 1.54) is 25.5 Å². The van der Waals surface area contributed by atoms with Crippen molar-refractivity contribution in [1.29, 1.82) is 0 Å². The number of nitrogens with two attached hydrogens (primary N) is 1. The minimum atomic E-state index is -0.405. The molecule has 2 aromatic carbocycles. The van der Waals surface area contributed by atoms with Gasteiger partial charge in [-0.15, -0.1) is 0 Å².